The van der Waals surface area contributed by atoms with E-state index in [2.05, 4.69) is 34.1 Å². The highest BCUT2D eigenvalue weighted by atomic mass is 19.1. The third kappa shape index (κ3) is 5.08. The molecule has 2 aromatic carbocycles. The van der Waals surface area contributed by atoms with Crippen LogP contribution >= 0.6 is 0 Å². The van der Waals surface area contributed by atoms with Gasteiger partial charge in [0.1, 0.15) is 11.6 Å². The van der Waals surface area contributed by atoms with Crippen molar-refractivity contribution in [1.82, 2.24) is 14.7 Å². The fourth-order valence-corrected chi connectivity index (χ4v) is 4.82. The van der Waals surface area contributed by atoms with Gasteiger partial charge in [0, 0.05) is 45.3 Å². The number of nitrogens with zero attached hydrogens (tertiary/aromatic N) is 3. The van der Waals surface area contributed by atoms with E-state index in [1.165, 1.54) is 17.2 Å². The molecule has 0 unspecified atom stereocenters. The number of carbonyl (C=O) groups is 1. The quantitative estimate of drug-likeness (QED) is 0.710. The topological polar surface area (TPSA) is 36.0 Å². The van der Waals surface area contributed by atoms with Crippen LogP contribution < -0.4 is 4.74 Å². The third-order valence-corrected chi connectivity index (χ3v) is 6.66. The molecular weight excluding hydrogens is 393 g/mol. The first-order valence-electron chi connectivity index (χ1n) is 11.2. The summed E-state index contributed by atoms with van der Waals surface area (Å²) in [6.45, 7) is 4.47. The first-order chi connectivity index (χ1) is 15.0. The number of piperazine rings is 1. The number of likely N-dealkylation sites (N-methyl/N-ethyl adjacent to an activating group) is 1. The number of aryl methyl sites for hydroxylation is 1. The molecule has 1 saturated heterocycles. The molecule has 2 aliphatic rings. The molecule has 0 N–H and O–H groups in total. The monoisotopic (exact) mass is 425 g/mol. The van der Waals surface area contributed by atoms with Gasteiger partial charge in [-0.15, -0.1) is 0 Å². The summed E-state index contributed by atoms with van der Waals surface area (Å²) < 4.78 is 19.0. The van der Waals surface area contributed by atoms with E-state index in [-0.39, 0.29) is 17.8 Å². The van der Waals surface area contributed by atoms with Crippen LogP contribution in [0, 0.1) is 5.82 Å². The number of carbonyl (C=O) groups excluding carboxylic acids is 1. The van der Waals surface area contributed by atoms with E-state index in [1.54, 1.807) is 19.2 Å². The molecule has 5 nitrogen and oxygen atoms in total. The van der Waals surface area contributed by atoms with Crippen LogP contribution in [0.2, 0.25) is 0 Å². The van der Waals surface area contributed by atoms with Gasteiger partial charge in [0.25, 0.3) is 0 Å². The third-order valence-electron chi connectivity index (χ3n) is 6.66. The highest BCUT2D eigenvalue weighted by Crippen LogP contribution is 2.33. The molecule has 31 heavy (non-hydrogen) atoms. The SMILES string of the molecule is COc1ccc(F)cc1CN1CCN(CC(=O)N(C)[C@H]2CCCc3ccccc32)CC1. The lowest BCUT2D eigenvalue weighted by atomic mass is 9.87. The van der Waals surface area contributed by atoms with Gasteiger partial charge in [-0.1, -0.05) is 24.3 Å². The molecule has 1 amide bonds. The van der Waals surface area contributed by atoms with Crippen LogP contribution in [0.5, 0.6) is 5.75 Å². The van der Waals surface area contributed by atoms with E-state index in [0.29, 0.717) is 18.8 Å². The average Bonchev–Trinajstić information content (AvgIpc) is 2.79. The predicted octanol–water partition coefficient (Wildman–Crippen LogP) is 3.49. The molecule has 6 heteroatoms. The van der Waals surface area contributed by atoms with Gasteiger partial charge in [-0.3, -0.25) is 14.6 Å². The zero-order valence-electron chi connectivity index (χ0n) is 18.5. The van der Waals surface area contributed by atoms with Crippen molar-refractivity contribution in [3.8, 4) is 5.75 Å². The first-order valence-corrected chi connectivity index (χ1v) is 11.2. The molecule has 1 aliphatic heterocycles. The van der Waals surface area contributed by atoms with E-state index in [1.807, 2.05) is 11.9 Å². The van der Waals surface area contributed by atoms with E-state index in [4.69, 9.17) is 4.74 Å². The summed E-state index contributed by atoms with van der Waals surface area (Å²) in [7, 11) is 3.56. The van der Waals surface area contributed by atoms with Crippen molar-refractivity contribution in [2.24, 2.45) is 0 Å². The van der Waals surface area contributed by atoms with E-state index >= 15 is 0 Å². The molecule has 0 radical (unpaired) electrons. The minimum Gasteiger partial charge on any atom is -0.496 e. The predicted molar refractivity (Wildman–Crippen MR) is 120 cm³/mol. The van der Waals surface area contributed by atoms with Crippen LogP contribution in [0.15, 0.2) is 42.5 Å². The van der Waals surface area contributed by atoms with Gasteiger partial charge in [-0.2, -0.15) is 0 Å². The lowest BCUT2D eigenvalue weighted by Gasteiger charge is -2.37. The molecule has 166 valence electrons. The highest BCUT2D eigenvalue weighted by Gasteiger charge is 2.28. The van der Waals surface area contributed by atoms with Crippen molar-refractivity contribution >= 4 is 5.91 Å². The number of ether oxygens (including phenoxy) is 1. The number of methoxy groups -OCH3 is 1. The minimum absolute atomic E-state index is 0.180. The molecule has 1 aliphatic carbocycles. The van der Waals surface area contributed by atoms with Crippen LogP contribution in [0.4, 0.5) is 4.39 Å². The Hall–Kier alpha value is -2.44. The molecule has 0 bridgehead atoms. The molecule has 4 rings (SSSR count). The number of amides is 1. The normalized spacial score (nSPS) is 19.6. The Kier molecular flexibility index (Phi) is 6.88. The van der Waals surface area contributed by atoms with Gasteiger partial charge >= 0.3 is 0 Å². The lowest BCUT2D eigenvalue weighted by molar-refractivity contribution is -0.134. The second-order valence-electron chi connectivity index (χ2n) is 8.62. The van der Waals surface area contributed by atoms with Crippen molar-refractivity contribution < 1.29 is 13.9 Å². The Morgan fingerprint density at radius 3 is 2.65 bits per heavy atom. The van der Waals surface area contributed by atoms with Gasteiger partial charge < -0.3 is 9.64 Å². The Labute approximate surface area is 184 Å². The summed E-state index contributed by atoms with van der Waals surface area (Å²) in [4.78, 5) is 19.5. The summed E-state index contributed by atoms with van der Waals surface area (Å²) in [6.07, 6.45) is 3.26. The van der Waals surface area contributed by atoms with E-state index in [9.17, 15) is 9.18 Å². The van der Waals surface area contributed by atoms with Crippen LogP contribution in [0.3, 0.4) is 0 Å². The van der Waals surface area contributed by atoms with Crippen LogP contribution in [0.1, 0.15) is 35.6 Å². The zero-order chi connectivity index (χ0) is 21.8. The van der Waals surface area contributed by atoms with Crippen molar-refractivity contribution in [3.05, 3.63) is 65.0 Å². The Morgan fingerprint density at radius 1 is 1.13 bits per heavy atom. The highest BCUT2D eigenvalue weighted by molar-refractivity contribution is 5.78. The summed E-state index contributed by atoms with van der Waals surface area (Å²) in [5.41, 5.74) is 3.54. The van der Waals surface area contributed by atoms with Gasteiger partial charge in [0.2, 0.25) is 5.91 Å². The molecule has 1 fully saturated rings. The molecule has 0 spiro atoms. The Balaban J connectivity index is 1.30. The minimum atomic E-state index is -0.243. The largest absolute Gasteiger partial charge is 0.496 e. The molecule has 2 aromatic rings. The van der Waals surface area contributed by atoms with Gasteiger partial charge in [-0.25, -0.2) is 4.39 Å². The molecule has 0 aromatic heterocycles. The zero-order valence-corrected chi connectivity index (χ0v) is 18.5. The van der Waals surface area contributed by atoms with Crippen molar-refractivity contribution in [2.45, 2.75) is 31.8 Å². The maximum absolute atomic E-state index is 13.6. The van der Waals surface area contributed by atoms with Gasteiger partial charge in [0.15, 0.2) is 0 Å². The number of benzene rings is 2. The smallest absolute Gasteiger partial charge is 0.237 e. The molecule has 1 atom stereocenters. The summed E-state index contributed by atoms with van der Waals surface area (Å²) in [5.74, 6) is 0.655. The molecular formula is C25H32FN3O2. The number of hydrogen-bond donors (Lipinski definition) is 0. The second-order valence-corrected chi connectivity index (χ2v) is 8.62. The van der Waals surface area contributed by atoms with Crippen molar-refractivity contribution in [1.29, 1.82) is 0 Å². The van der Waals surface area contributed by atoms with Crippen molar-refractivity contribution in [2.75, 3.05) is 46.9 Å². The maximum Gasteiger partial charge on any atom is 0.237 e. The van der Waals surface area contributed by atoms with Crippen LogP contribution in [-0.4, -0.2) is 67.5 Å². The number of rotatable bonds is 6. The number of halogens is 1. The van der Waals surface area contributed by atoms with E-state index in [0.717, 1.165) is 51.0 Å². The van der Waals surface area contributed by atoms with E-state index < -0.39 is 0 Å². The van der Waals surface area contributed by atoms with Crippen LogP contribution in [-0.2, 0) is 17.8 Å². The Morgan fingerprint density at radius 2 is 1.87 bits per heavy atom. The summed E-state index contributed by atoms with van der Waals surface area (Å²) >= 11 is 0. The maximum atomic E-state index is 13.6. The van der Waals surface area contributed by atoms with Gasteiger partial charge in [-0.05, 0) is 48.6 Å². The fraction of sp³-hybridized carbons (Fsp3) is 0.480. The Bertz CT molecular complexity index is 911. The first kappa shape index (κ1) is 21.8. The number of fused-ring (bicyclic) bond motifs is 1. The molecule has 1 heterocycles. The average molecular weight is 426 g/mol. The molecule has 0 saturated carbocycles. The second kappa shape index (κ2) is 9.79. The van der Waals surface area contributed by atoms with Crippen LogP contribution in [0.25, 0.3) is 0 Å². The standard InChI is InChI=1S/C25H32FN3O2/c1-27(23-9-5-7-19-6-3-4-8-22(19)23)25(30)18-29-14-12-28(13-15-29)17-20-16-21(26)10-11-24(20)31-2/h3-4,6,8,10-11,16,23H,5,7,9,12-15,17-18H2,1-2H3/t23-/m0/s1. The lowest BCUT2D eigenvalue weighted by Crippen LogP contribution is -2.49. The fourth-order valence-electron chi connectivity index (χ4n) is 4.82. The van der Waals surface area contributed by atoms with Crippen molar-refractivity contribution in [3.63, 3.8) is 0 Å². The summed E-state index contributed by atoms with van der Waals surface area (Å²) in [6, 6.07) is 13.3. The van der Waals surface area contributed by atoms with Gasteiger partial charge in [0.05, 0.1) is 19.7 Å². The summed E-state index contributed by atoms with van der Waals surface area (Å²) in [5, 5.41) is 0. The number of hydrogen-bond acceptors (Lipinski definition) is 4.